The van der Waals surface area contributed by atoms with Gasteiger partial charge in [-0.2, -0.15) is 0 Å². The number of benzene rings is 1. The summed E-state index contributed by atoms with van der Waals surface area (Å²) in [5.41, 5.74) is 13.9. The van der Waals surface area contributed by atoms with Crippen molar-refractivity contribution in [1.29, 1.82) is 0 Å². The molecule has 1 rings (SSSR count). The molecule has 0 fully saturated rings. The van der Waals surface area contributed by atoms with Gasteiger partial charge in [-0.1, -0.05) is 51.0 Å². The van der Waals surface area contributed by atoms with Gasteiger partial charge in [-0.05, 0) is 24.0 Å². The number of nitrogens with two attached hydrogens (primary N) is 2. The third-order valence-corrected chi connectivity index (χ3v) is 3.56. The Morgan fingerprint density at radius 1 is 0.800 bits per heavy atom. The maximum Gasteiger partial charge on any atom is 0.188 e. The van der Waals surface area contributed by atoms with Crippen molar-refractivity contribution in [3.8, 4) is 0 Å². The Kier molecular flexibility index (Phi) is 13.9. The number of guanidine groups is 2. The summed E-state index contributed by atoms with van der Waals surface area (Å²) in [5, 5.41) is 6.22. The second kappa shape index (κ2) is 14.8. The summed E-state index contributed by atoms with van der Waals surface area (Å²) in [6, 6.07) is 8.20. The van der Waals surface area contributed by atoms with Crippen molar-refractivity contribution < 1.29 is 0 Å². The van der Waals surface area contributed by atoms with Crippen LogP contribution in [0.25, 0.3) is 0 Å². The summed E-state index contributed by atoms with van der Waals surface area (Å²) < 4.78 is 0. The molecule has 0 unspecified atom stereocenters. The number of unbranched alkanes of at least 4 members (excludes halogenated alkanes) is 2. The average molecular weight is 460 g/mol. The molecule has 0 atom stereocenters. The van der Waals surface area contributed by atoms with Crippen LogP contribution in [0.2, 0.25) is 0 Å². The smallest absolute Gasteiger partial charge is 0.188 e. The van der Waals surface area contributed by atoms with Crippen LogP contribution in [-0.2, 0) is 13.1 Å². The van der Waals surface area contributed by atoms with Gasteiger partial charge in [0.15, 0.2) is 11.9 Å². The van der Waals surface area contributed by atoms with Crippen LogP contribution in [0.1, 0.15) is 50.7 Å². The normalized spacial score (nSPS) is 11.8. The Labute approximate surface area is 169 Å². The highest BCUT2D eigenvalue weighted by atomic mass is 127. The number of hydrogen-bond acceptors (Lipinski definition) is 2. The van der Waals surface area contributed by atoms with Gasteiger partial charge in [0.25, 0.3) is 0 Å². The lowest BCUT2D eigenvalue weighted by Crippen LogP contribution is -2.32. The van der Waals surface area contributed by atoms with E-state index in [0.717, 1.165) is 49.9 Å². The van der Waals surface area contributed by atoms with Crippen molar-refractivity contribution in [1.82, 2.24) is 10.6 Å². The predicted octanol–water partition coefficient (Wildman–Crippen LogP) is 2.71. The van der Waals surface area contributed by atoms with E-state index in [0.29, 0.717) is 25.0 Å². The minimum atomic E-state index is 0. The highest BCUT2D eigenvalue weighted by Crippen LogP contribution is 2.06. The zero-order chi connectivity index (χ0) is 17.6. The molecule has 0 bridgehead atoms. The van der Waals surface area contributed by atoms with E-state index in [4.69, 9.17) is 11.5 Å². The van der Waals surface area contributed by atoms with Crippen molar-refractivity contribution in [2.24, 2.45) is 21.5 Å². The SMILES string of the molecule is CCCCNC(N)=NCc1ccc(CN=C(N)NCCCC)cc1.I. The maximum atomic E-state index is 5.82. The molecule has 1 aromatic rings. The standard InChI is InChI=1S/C18H32N6.HI/c1-3-5-11-21-17(19)23-13-15-7-9-16(10-8-15)14-24-18(20)22-12-6-4-2;/h7-10H,3-6,11-14H2,1-2H3,(H3,19,21,23)(H3,20,22,24);1H. The third-order valence-electron chi connectivity index (χ3n) is 3.56. The van der Waals surface area contributed by atoms with Crippen molar-refractivity contribution in [3.05, 3.63) is 35.4 Å². The Balaban J connectivity index is 0.00000576. The van der Waals surface area contributed by atoms with E-state index in [2.05, 4.69) is 34.5 Å². The number of nitrogens with one attached hydrogen (secondary N) is 2. The first-order chi connectivity index (χ1) is 11.7. The van der Waals surface area contributed by atoms with Gasteiger partial charge in [0.2, 0.25) is 0 Å². The second-order valence-electron chi connectivity index (χ2n) is 5.78. The van der Waals surface area contributed by atoms with Crippen LogP contribution in [0.5, 0.6) is 0 Å². The molecular formula is C18H33IN6. The Hall–Kier alpha value is -1.51. The monoisotopic (exact) mass is 460 g/mol. The van der Waals surface area contributed by atoms with Crippen LogP contribution < -0.4 is 22.1 Å². The highest BCUT2D eigenvalue weighted by Gasteiger charge is 1.96. The number of aliphatic imine (C=N–C) groups is 2. The molecule has 0 saturated heterocycles. The van der Waals surface area contributed by atoms with Gasteiger partial charge in [-0.3, -0.25) is 0 Å². The van der Waals surface area contributed by atoms with Gasteiger partial charge in [-0.15, -0.1) is 24.0 Å². The quantitative estimate of drug-likeness (QED) is 0.187. The van der Waals surface area contributed by atoms with E-state index in [1.54, 1.807) is 0 Å². The molecule has 6 nitrogen and oxygen atoms in total. The van der Waals surface area contributed by atoms with E-state index >= 15 is 0 Å². The molecule has 0 amide bonds. The topological polar surface area (TPSA) is 101 Å². The van der Waals surface area contributed by atoms with Crippen LogP contribution >= 0.6 is 24.0 Å². The van der Waals surface area contributed by atoms with E-state index in [-0.39, 0.29) is 24.0 Å². The zero-order valence-corrected chi connectivity index (χ0v) is 17.8. The summed E-state index contributed by atoms with van der Waals surface area (Å²) in [7, 11) is 0. The molecule has 0 aliphatic heterocycles. The van der Waals surface area contributed by atoms with E-state index in [1.807, 2.05) is 24.3 Å². The minimum absolute atomic E-state index is 0. The van der Waals surface area contributed by atoms with Crippen LogP contribution in [0.15, 0.2) is 34.3 Å². The molecular weight excluding hydrogens is 427 g/mol. The summed E-state index contributed by atoms with van der Waals surface area (Å²) in [6.45, 7) is 7.20. The molecule has 0 aliphatic rings. The van der Waals surface area contributed by atoms with Crippen LogP contribution in [-0.4, -0.2) is 25.0 Å². The molecule has 25 heavy (non-hydrogen) atoms. The molecule has 1 aromatic carbocycles. The molecule has 0 aliphatic carbocycles. The fraction of sp³-hybridized carbons (Fsp3) is 0.556. The van der Waals surface area contributed by atoms with Gasteiger partial charge < -0.3 is 22.1 Å². The number of nitrogens with zero attached hydrogens (tertiary/aromatic N) is 2. The van der Waals surface area contributed by atoms with E-state index in [1.165, 1.54) is 0 Å². The van der Waals surface area contributed by atoms with Crippen molar-refractivity contribution in [2.45, 2.75) is 52.6 Å². The van der Waals surface area contributed by atoms with Crippen LogP contribution in [0, 0.1) is 0 Å². The zero-order valence-electron chi connectivity index (χ0n) is 15.4. The van der Waals surface area contributed by atoms with Crippen molar-refractivity contribution >= 4 is 35.9 Å². The molecule has 142 valence electrons. The van der Waals surface area contributed by atoms with Gasteiger partial charge in [0.1, 0.15) is 0 Å². The molecule has 0 saturated carbocycles. The molecule has 0 spiro atoms. The molecule has 0 radical (unpaired) electrons. The minimum Gasteiger partial charge on any atom is -0.370 e. The molecule has 0 heterocycles. The largest absolute Gasteiger partial charge is 0.370 e. The Morgan fingerprint density at radius 2 is 1.16 bits per heavy atom. The summed E-state index contributed by atoms with van der Waals surface area (Å²) >= 11 is 0. The fourth-order valence-corrected chi connectivity index (χ4v) is 2.00. The lowest BCUT2D eigenvalue weighted by atomic mass is 10.1. The average Bonchev–Trinajstić information content (AvgIpc) is 2.59. The van der Waals surface area contributed by atoms with Gasteiger partial charge in [0, 0.05) is 13.1 Å². The second-order valence-corrected chi connectivity index (χ2v) is 5.78. The first-order valence-corrected chi connectivity index (χ1v) is 8.81. The third kappa shape index (κ3) is 11.6. The Morgan fingerprint density at radius 3 is 1.48 bits per heavy atom. The summed E-state index contributed by atoms with van der Waals surface area (Å²) in [6.07, 6.45) is 4.48. The van der Waals surface area contributed by atoms with Gasteiger partial charge >= 0.3 is 0 Å². The lowest BCUT2D eigenvalue weighted by Gasteiger charge is -2.06. The maximum absolute atomic E-state index is 5.82. The molecule has 0 aromatic heterocycles. The first kappa shape index (κ1) is 23.5. The van der Waals surface area contributed by atoms with E-state index < -0.39 is 0 Å². The van der Waals surface area contributed by atoms with E-state index in [9.17, 15) is 0 Å². The first-order valence-electron chi connectivity index (χ1n) is 8.81. The number of halogens is 1. The van der Waals surface area contributed by atoms with Crippen LogP contribution in [0.4, 0.5) is 0 Å². The molecule has 6 N–H and O–H groups in total. The highest BCUT2D eigenvalue weighted by molar-refractivity contribution is 14.0. The molecule has 7 heteroatoms. The van der Waals surface area contributed by atoms with Crippen molar-refractivity contribution in [3.63, 3.8) is 0 Å². The summed E-state index contributed by atoms with van der Waals surface area (Å²) in [5.74, 6) is 1.01. The van der Waals surface area contributed by atoms with Crippen molar-refractivity contribution in [2.75, 3.05) is 13.1 Å². The lowest BCUT2D eigenvalue weighted by molar-refractivity contribution is 0.747. The fourth-order valence-electron chi connectivity index (χ4n) is 2.00. The van der Waals surface area contributed by atoms with Crippen LogP contribution in [0.3, 0.4) is 0 Å². The number of hydrogen-bond donors (Lipinski definition) is 4. The summed E-state index contributed by atoms with van der Waals surface area (Å²) in [4.78, 5) is 8.68. The number of rotatable bonds is 10. The predicted molar refractivity (Wildman–Crippen MR) is 118 cm³/mol. The van der Waals surface area contributed by atoms with Gasteiger partial charge in [0.05, 0.1) is 13.1 Å². The Bertz CT molecular complexity index is 466. The van der Waals surface area contributed by atoms with Gasteiger partial charge in [-0.25, -0.2) is 9.98 Å².